The van der Waals surface area contributed by atoms with Gasteiger partial charge in [0.2, 0.25) is 10.0 Å². The third kappa shape index (κ3) is 9.15. The molecule has 5 aromatic rings. The number of aromatic nitrogens is 2. The second-order valence-electron chi connectivity index (χ2n) is 13.0. The molecule has 1 aliphatic heterocycles. The lowest BCUT2D eigenvalue weighted by Gasteiger charge is -2.30. The number of carbonyl (C=O) groups is 2. The fourth-order valence-corrected chi connectivity index (χ4v) is 7.73. The Morgan fingerprint density at radius 2 is 1.36 bits per heavy atom. The van der Waals surface area contributed by atoms with Gasteiger partial charge in [0.1, 0.15) is 11.3 Å². The number of rotatable bonds is 9. The number of sulfonamides is 1. The van der Waals surface area contributed by atoms with Gasteiger partial charge < -0.3 is 10.6 Å². The molecule has 55 heavy (non-hydrogen) atoms. The molecule has 1 saturated heterocycles. The normalized spacial score (nSPS) is 15.3. The van der Waals surface area contributed by atoms with Gasteiger partial charge in [-0.1, -0.05) is 49.4 Å². The number of piperidine rings is 1. The number of alkyl halides is 6. The maximum absolute atomic E-state index is 13.8. The van der Waals surface area contributed by atoms with Crippen LogP contribution in [0.1, 0.15) is 36.5 Å². The van der Waals surface area contributed by atoms with Gasteiger partial charge in [-0.05, 0) is 85.5 Å². The van der Waals surface area contributed by atoms with Crippen molar-refractivity contribution in [3.8, 4) is 16.9 Å². The predicted molar refractivity (Wildman–Crippen MR) is 194 cm³/mol. The fraction of sp³-hybridized carbons (Fsp3) is 0.205. The third-order valence-corrected chi connectivity index (χ3v) is 10.7. The van der Waals surface area contributed by atoms with Crippen LogP contribution < -0.4 is 10.6 Å². The molecule has 16 heteroatoms. The van der Waals surface area contributed by atoms with E-state index in [9.17, 15) is 44.3 Å². The first kappa shape index (κ1) is 39.0. The quantitative estimate of drug-likeness (QED) is 0.0673. The summed E-state index contributed by atoms with van der Waals surface area (Å²) in [5.74, 6) is -2.23. The molecular weight excluding hydrogens is 749 g/mol. The molecule has 1 aliphatic rings. The van der Waals surface area contributed by atoms with E-state index in [2.05, 4.69) is 15.7 Å². The standard InChI is InChI=1S/C39H33F6N5O4S/c1-25-9-8-18-49(23-25)55(53,54)33-17-5-10-26(19-33)35-27(24-50(48-35)32-15-3-2-4-16-32)20-34(36(51)46-30-13-6-11-28(21-30)38(40,41)42)37(52)47-31-14-7-12-29(22-31)39(43,44)45/h2-7,10-17,19-22,24-25H,8-9,18,23H2,1H3,(H,46,51)(H,47,52). The van der Waals surface area contributed by atoms with Gasteiger partial charge in [0.25, 0.3) is 11.8 Å². The molecular formula is C39H33F6N5O4S. The van der Waals surface area contributed by atoms with E-state index in [-0.39, 0.29) is 39.0 Å². The molecule has 4 aromatic carbocycles. The Balaban J connectivity index is 1.47. The zero-order chi connectivity index (χ0) is 39.5. The smallest absolute Gasteiger partial charge is 0.322 e. The fourth-order valence-electron chi connectivity index (χ4n) is 6.08. The number of anilines is 2. The van der Waals surface area contributed by atoms with E-state index in [1.165, 1.54) is 45.5 Å². The molecule has 0 aliphatic carbocycles. The highest BCUT2D eigenvalue weighted by molar-refractivity contribution is 7.89. The van der Waals surface area contributed by atoms with Crippen molar-refractivity contribution in [3.05, 3.63) is 132 Å². The van der Waals surface area contributed by atoms with Crippen LogP contribution in [0.2, 0.25) is 0 Å². The average Bonchev–Trinajstić information content (AvgIpc) is 3.58. The van der Waals surface area contributed by atoms with Crippen LogP contribution in [0.5, 0.6) is 0 Å². The van der Waals surface area contributed by atoms with Gasteiger partial charge in [0, 0.05) is 41.8 Å². The highest BCUT2D eigenvalue weighted by atomic mass is 32.2. The molecule has 6 rings (SSSR count). The first-order valence-electron chi connectivity index (χ1n) is 16.9. The van der Waals surface area contributed by atoms with E-state index in [1.807, 2.05) is 6.92 Å². The third-order valence-electron chi connectivity index (χ3n) is 8.81. The summed E-state index contributed by atoms with van der Waals surface area (Å²) in [5.41, 5.74) is -2.47. The van der Waals surface area contributed by atoms with Gasteiger partial charge in [0.15, 0.2) is 0 Å². The second kappa shape index (κ2) is 15.5. The maximum atomic E-state index is 13.8. The lowest BCUT2D eigenvalue weighted by molar-refractivity contribution is -0.138. The molecule has 1 atom stereocenters. The summed E-state index contributed by atoms with van der Waals surface area (Å²) in [7, 11) is -3.94. The molecule has 1 aromatic heterocycles. The highest BCUT2D eigenvalue weighted by Crippen LogP contribution is 2.34. The summed E-state index contributed by atoms with van der Waals surface area (Å²) >= 11 is 0. The van der Waals surface area contributed by atoms with E-state index in [4.69, 9.17) is 0 Å². The first-order valence-corrected chi connectivity index (χ1v) is 18.4. The van der Waals surface area contributed by atoms with Crippen LogP contribution in [-0.2, 0) is 32.0 Å². The van der Waals surface area contributed by atoms with Crippen molar-refractivity contribution in [2.45, 2.75) is 37.0 Å². The molecule has 286 valence electrons. The number of nitrogens with zero attached hydrogens (tertiary/aromatic N) is 3. The summed E-state index contributed by atoms with van der Waals surface area (Å²) in [6, 6.07) is 22.0. The SMILES string of the molecule is CC1CCCN(S(=O)(=O)c2cccc(-c3nn(-c4ccccc4)cc3C=C(C(=O)Nc3cccc(C(F)(F)F)c3)C(=O)Nc3cccc(C(F)(F)F)c3)c2)C1. The van der Waals surface area contributed by atoms with Crippen molar-refractivity contribution >= 4 is 39.3 Å². The van der Waals surface area contributed by atoms with Crippen LogP contribution in [0.15, 0.2) is 120 Å². The van der Waals surface area contributed by atoms with Crippen molar-refractivity contribution < 1.29 is 44.3 Å². The largest absolute Gasteiger partial charge is 0.416 e. The van der Waals surface area contributed by atoms with Crippen LogP contribution in [0, 0.1) is 5.92 Å². The molecule has 0 saturated carbocycles. The van der Waals surface area contributed by atoms with E-state index in [0.29, 0.717) is 37.3 Å². The van der Waals surface area contributed by atoms with Crippen molar-refractivity contribution in [2.24, 2.45) is 5.92 Å². The first-order chi connectivity index (χ1) is 26.0. The van der Waals surface area contributed by atoms with Crippen LogP contribution in [0.3, 0.4) is 0 Å². The lowest BCUT2D eigenvalue weighted by atomic mass is 10.0. The summed E-state index contributed by atoms with van der Waals surface area (Å²) in [5, 5.41) is 9.23. The Labute approximate surface area is 312 Å². The zero-order valence-electron chi connectivity index (χ0n) is 29.0. The lowest BCUT2D eigenvalue weighted by Crippen LogP contribution is -2.39. The van der Waals surface area contributed by atoms with Crippen LogP contribution in [-0.4, -0.2) is 47.4 Å². The van der Waals surface area contributed by atoms with E-state index >= 15 is 0 Å². The van der Waals surface area contributed by atoms with Gasteiger partial charge in [0.05, 0.1) is 21.7 Å². The summed E-state index contributed by atoms with van der Waals surface area (Å²) in [4.78, 5) is 27.6. The number of hydrogen-bond acceptors (Lipinski definition) is 5. The average molecular weight is 782 g/mol. The van der Waals surface area contributed by atoms with Gasteiger partial charge >= 0.3 is 12.4 Å². The maximum Gasteiger partial charge on any atom is 0.416 e. The Morgan fingerprint density at radius 1 is 0.782 bits per heavy atom. The molecule has 0 bridgehead atoms. The second-order valence-corrected chi connectivity index (χ2v) is 14.9. The van der Waals surface area contributed by atoms with Crippen molar-refractivity contribution in [1.82, 2.24) is 14.1 Å². The topological polar surface area (TPSA) is 113 Å². The van der Waals surface area contributed by atoms with Gasteiger partial charge in [-0.15, -0.1) is 0 Å². The van der Waals surface area contributed by atoms with Crippen LogP contribution >= 0.6 is 0 Å². The van der Waals surface area contributed by atoms with Gasteiger partial charge in [-0.3, -0.25) is 9.59 Å². The minimum atomic E-state index is -4.75. The molecule has 9 nitrogen and oxygen atoms in total. The van der Waals surface area contributed by atoms with E-state index < -0.39 is 50.9 Å². The molecule has 2 amide bonds. The predicted octanol–water partition coefficient (Wildman–Crippen LogP) is 8.66. The van der Waals surface area contributed by atoms with Crippen molar-refractivity contribution in [3.63, 3.8) is 0 Å². The van der Waals surface area contributed by atoms with Gasteiger partial charge in [-0.2, -0.15) is 35.7 Å². The molecule has 2 heterocycles. The Kier molecular flexibility index (Phi) is 11.0. The number of halogens is 6. The van der Waals surface area contributed by atoms with Crippen molar-refractivity contribution in [1.29, 1.82) is 0 Å². The Bertz CT molecular complexity index is 2280. The number of nitrogens with one attached hydrogen (secondary N) is 2. The molecule has 2 N–H and O–H groups in total. The summed E-state index contributed by atoms with van der Waals surface area (Å²) < 4.78 is 111. The number of carbonyl (C=O) groups excluding carboxylic acids is 2. The molecule has 1 unspecified atom stereocenters. The molecule has 0 radical (unpaired) electrons. The molecule has 1 fully saturated rings. The number of benzene rings is 4. The minimum absolute atomic E-state index is 0.0203. The van der Waals surface area contributed by atoms with Gasteiger partial charge in [-0.25, -0.2) is 13.1 Å². The number of amides is 2. The summed E-state index contributed by atoms with van der Waals surface area (Å²) in [6.45, 7) is 2.66. The number of hydrogen-bond donors (Lipinski definition) is 2. The van der Waals surface area contributed by atoms with E-state index in [1.54, 1.807) is 36.4 Å². The highest BCUT2D eigenvalue weighted by Gasteiger charge is 2.33. The molecule has 0 spiro atoms. The minimum Gasteiger partial charge on any atom is -0.322 e. The Morgan fingerprint density at radius 3 is 1.93 bits per heavy atom. The number of para-hydroxylation sites is 1. The Hall–Kier alpha value is -5.74. The summed E-state index contributed by atoms with van der Waals surface area (Å²) in [6.07, 6.45) is -5.38. The van der Waals surface area contributed by atoms with Crippen molar-refractivity contribution in [2.75, 3.05) is 23.7 Å². The monoisotopic (exact) mass is 781 g/mol. The van der Waals surface area contributed by atoms with Crippen LogP contribution in [0.4, 0.5) is 37.7 Å². The van der Waals surface area contributed by atoms with E-state index in [0.717, 1.165) is 36.8 Å². The van der Waals surface area contributed by atoms with Crippen LogP contribution in [0.25, 0.3) is 23.0 Å². The zero-order valence-corrected chi connectivity index (χ0v) is 29.8.